The zero-order chi connectivity index (χ0) is 13.8. The number of hydrogen-bond acceptors (Lipinski definition) is 4. The van der Waals surface area contributed by atoms with Crippen LogP contribution in [0.3, 0.4) is 0 Å². The minimum absolute atomic E-state index is 0.0243. The molecule has 0 unspecified atom stereocenters. The minimum Gasteiger partial charge on any atom is -0.487 e. The number of carbonyl (C=O) groups is 1. The lowest BCUT2D eigenvalue weighted by atomic mass is 10.2. The molecule has 0 bridgehead atoms. The van der Waals surface area contributed by atoms with Crippen LogP contribution < -0.4 is 15.2 Å². The largest absolute Gasteiger partial charge is 0.487 e. The molecule has 0 spiro atoms. The molecule has 0 aliphatic carbocycles. The smallest absolute Gasteiger partial charge is 0.240 e. The highest BCUT2D eigenvalue weighted by Crippen LogP contribution is 2.17. The van der Waals surface area contributed by atoms with Crippen LogP contribution in [0.5, 0.6) is 5.75 Å². The third kappa shape index (κ3) is 2.88. The molecule has 2 aromatic rings. The van der Waals surface area contributed by atoms with Crippen molar-refractivity contribution in [1.82, 2.24) is 10.4 Å². The van der Waals surface area contributed by atoms with Crippen LogP contribution in [0, 0.1) is 0 Å². The van der Waals surface area contributed by atoms with E-state index in [2.05, 4.69) is 10.4 Å². The molecule has 102 valence electrons. The van der Waals surface area contributed by atoms with E-state index in [1.54, 1.807) is 11.2 Å². The van der Waals surface area contributed by atoms with Gasteiger partial charge in [-0.1, -0.05) is 30.3 Å². The summed E-state index contributed by atoms with van der Waals surface area (Å²) in [5.74, 6) is 1.46. The Morgan fingerprint density at radius 3 is 2.70 bits per heavy atom. The minimum atomic E-state index is 0.0243. The summed E-state index contributed by atoms with van der Waals surface area (Å²) in [5.41, 5.74) is 3.85. The summed E-state index contributed by atoms with van der Waals surface area (Å²) >= 11 is 0. The van der Waals surface area contributed by atoms with Crippen LogP contribution in [0.2, 0.25) is 0 Å². The van der Waals surface area contributed by atoms with E-state index in [4.69, 9.17) is 4.74 Å². The number of nitrogens with one attached hydrogen (secondary N) is 1. The average molecular weight is 269 g/mol. The number of amides is 1. The Morgan fingerprint density at radius 2 is 2.05 bits per heavy atom. The molecule has 0 saturated carbocycles. The summed E-state index contributed by atoms with van der Waals surface area (Å²) in [6.07, 6.45) is 2.18. The number of hydrazine groups is 1. The van der Waals surface area contributed by atoms with E-state index in [1.807, 2.05) is 42.5 Å². The van der Waals surface area contributed by atoms with Gasteiger partial charge in [0.25, 0.3) is 0 Å². The lowest BCUT2D eigenvalue weighted by Crippen LogP contribution is -2.33. The Kier molecular flexibility index (Phi) is 3.50. The normalized spacial score (nSPS) is 14.2. The maximum Gasteiger partial charge on any atom is 0.240 e. The van der Waals surface area contributed by atoms with E-state index in [-0.39, 0.29) is 5.91 Å². The van der Waals surface area contributed by atoms with E-state index in [1.165, 1.54) is 0 Å². The molecule has 1 aromatic carbocycles. The first-order valence-corrected chi connectivity index (χ1v) is 6.51. The highest BCUT2D eigenvalue weighted by atomic mass is 16.5. The van der Waals surface area contributed by atoms with Gasteiger partial charge in [-0.25, -0.2) is 4.98 Å². The van der Waals surface area contributed by atoms with Crippen LogP contribution in [-0.4, -0.2) is 17.4 Å². The van der Waals surface area contributed by atoms with Crippen LogP contribution in [-0.2, 0) is 11.4 Å². The van der Waals surface area contributed by atoms with Crippen molar-refractivity contribution in [3.05, 3.63) is 54.2 Å². The number of rotatable bonds is 4. The molecule has 5 nitrogen and oxygen atoms in total. The van der Waals surface area contributed by atoms with E-state index < -0.39 is 0 Å². The molecule has 5 heteroatoms. The topological polar surface area (TPSA) is 54.5 Å². The maximum absolute atomic E-state index is 11.1. The lowest BCUT2D eigenvalue weighted by Gasteiger charge is -2.16. The molecule has 1 saturated heterocycles. The fourth-order valence-corrected chi connectivity index (χ4v) is 2.01. The monoisotopic (exact) mass is 269 g/mol. The molecule has 3 rings (SSSR count). The molecule has 1 aliphatic heterocycles. The van der Waals surface area contributed by atoms with Crippen molar-refractivity contribution in [2.45, 2.75) is 13.0 Å². The fraction of sp³-hybridized carbons (Fsp3) is 0.200. The molecule has 0 atom stereocenters. The molecular formula is C15H15N3O2. The molecule has 1 N–H and O–H groups in total. The van der Waals surface area contributed by atoms with Gasteiger partial charge in [0.05, 0.1) is 6.20 Å². The van der Waals surface area contributed by atoms with Gasteiger partial charge in [-0.05, 0) is 17.7 Å². The van der Waals surface area contributed by atoms with Gasteiger partial charge >= 0.3 is 0 Å². The highest BCUT2D eigenvalue weighted by Gasteiger charge is 2.19. The summed E-state index contributed by atoms with van der Waals surface area (Å²) in [6, 6.07) is 13.7. The van der Waals surface area contributed by atoms with Gasteiger partial charge in [0.1, 0.15) is 18.2 Å². The van der Waals surface area contributed by atoms with Gasteiger partial charge in [0.2, 0.25) is 5.91 Å². The predicted molar refractivity (Wildman–Crippen MR) is 75.1 cm³/mol. The second-order valence-corrected chi connectivity index (χ2v) is 4.56. The van der Waals surface area contributed by atoms with Crippen LogP contribution in [0.15, 0.2) is 48.7 Å². The fourth-order valence-electron chi connectivity index (χ4n) is 2.01. The Balaban J connectivity index is 1.60. The quantitative estimate of drug-likeness (QED) is 0.921. The van der Waals surface area contributed by atoms with Gasteiger partial charge in [-0.2, -0.15) is 0 Å². The molecule has 1 amide bonds. The van der Waals surface area contributed by atoms with Crippen LogP contribution in [0.4, 0.5) is 5.82 Å². The number of ether oxygens (including phenoxy) is 1. The second-order valence-electron chi connectivity index (χ2n) is 4.56. The second kappa shape index (κ2) is 5.61. The third-order valence-electron chi connectivity index (χ3n) is 3.07. The molecule has 1 aliphatic rings. The zero-order valence-electron chi connectivity index (χ0n) is 11.0. The van der Waals surface area contributed by atoms with E-state index in [9.17, 15) is 4.79 Å². The first-order chi connectivity index (χ1) is 9.81. The summed E-state index contributed by atoms with van der Waals surface area (Å²) in [5, 5.41) is 1.74. The third-order valence-corrected chi connectivity index (χ3v) is 3.07. The standard InChI is InChI=1S/C15H15N3O2/c19-15-8-9-18(17-15)14-7-6-13(10-16-14)20-11-12-4-2-1-3-5-12/h1-7,10H,8-9,11H2,(H,17,19). The Bertz CT molecular complexity index is 584. The SMILES string of the molecule is O=C1CCN(c2ccc(OCc3ccccc3)cn2)N1. The maximum atomic E-state index is 11.1. The summed E-state index contributed by atoms with van der Waals surface area (Å²) in [4.78, 5) is 15.4. The van der Waals surface area contributed by atoms with Crippen molar-refractivity contribution in [1.29, 1.82) is 0 Å². The Hall–Kier alpha value is -2.56. The molecule has 1 aromatic heterocycles. The van der Waals surface area contributed by atoms with Crippen LogP contribution in [0.25, 0.3) is 0 Å². The van der Waals surface area contributed by atoms with Gasteiger partial charge in [0, 0.05) is 13.0 Å². The predicted octanol–water partition coefficient (Wildman–Crippen LogP) is 1.90. The van der Waals surface area contributed by atoms with E-state index >= 15 is 0 Å². The van der Waals surface area contributed by atoms with Crippen molar-refractivity contribution in [2.75, 3.05) is 11.6 Å². The van der Waals surface area contributed by atoms with Crippen molar-refractivity contribution in [2.24, 2.45) is 0 Å². The number of hydrogen-bond donors (Lipinski definition) is 1. The number of pyridine rings is 1. The number of benzene rings is 1. The van der Waals surface area contributed by atoms with Crippen LogP contribution >= 0.6 is 0 Å². The van der Waals surface area contributed by atoms with Crippen molar-refractivity contribution in [3.8, 4) is 5.75 Å². The Morgan fingerprint density at radius 1 is 1.20 bits per heavy atom. The summed E-state index contributed by atoms with van der Waals surface area (Å²) < 4.78 is 5.66. The zero-order valence-corrected chi connectivity index (χ0v) is 11.0. The molecule has 1 fully saturated rings. The van der Waals surface area contributed by atoms with Crippen molar-refractivity contribution < 1.29 is 9.53 Å². The number of aromatic nitrogens is 1. The van der Waals surface area contributed by atoms with Gasteiger partial charge in [0.15, 0.2) is 0 Å². The van der Waals surface area contributed by atoms with E-state index in [0.717, 1.165) is 11.4 Å². The van der Waals surface area contributed by atoms with Crippen molar-refractivity contribution >= 4 is 11.7 Å². The van der Waals surface area contributed by atoms with Crippen LogP contribution in [0.1, 0.15) is 12.0 Å². The molecule has 2 heterocycles. The van der Waals surface area contributed by atoms with Gasteiger partial charge < -0.3 is 4.74 Å². The van der Waals surface area contributed by atoms with Gasteiger partial charge in [-0.15, -0.1) is 0 Å². The molecular weight excluding hydrogens is 254 g/mol. The number of carbonyl (C=O) groups excluding carboxylic acids is 1. The first-order valence-electron chi connectivity index (χ1n) is 6.51. The highest BCUT2D eigenvalue weighted by molar-refractivity contribution is 5.81. The molecule has 0 radical (unpaired) electrons. The average Bonchev–Trinajstić information content (AvgIpc) is 2.93. The Labute approximate surface area is 117 Å². The summed E-state index contributed by atoms with van der Waals surface area (Å²) in [7, 11) is 0. The first kappa shape index (κ1) is 12.5. The lowest BCUT2D eigenvalue weighted by molar-refractivity contribution is -0.119. The van der Waals surface area contributed by atoms with E-state index in [0.29, 0.717) is 25.3 Å². The number of nitrogens with zero attached hydrogens (tertiary/aromatic N) is 2. The van der Waals surface area contributed by atoms with Gasteiger partial charge in [-0.3, -0.25) is 15.2 Å². The number of anilines is 1. The summed E-state index contributed by atoms with van der Waals surface area (Å²) in [6.45, 7) is 1.17. The van der Waals surface area contributed by atoms with Crippen molar-refractivity contribution in [3.63, 3.8) is 0 Å². The molecule has 20 heavy (non-hydrogen) atoms.